The quantitative estimate of drug-likeness (QED) is 0.339. The number of hydrogen-bond acceptors (Lipinski definition) is 7. The standard InChI is InChI=1S/C26H26N4O6S/c1-36-23(31)17-30-16-18(15-28-37(34,35)20-8-3-2-4-9-20)11-12-22(26(30)33)29-25(32)24-21-10-6-5-7-19(21)13-14-27-24/h2-11,13-14,22,28H,12,15-17H2,1H3,(H,29,32). The highest BCUT2D eigenvalue weighted by Crippen LogP contribution is 2.18. The Balaban J connectivity index is 1.55. The number of ether oxygens (including phenoxy) is 1. The molecule has 0 saturated heterocycles. The number of nitrogens with zero attached hydrogens (tertiary/aromatic N) is 2. The minimum atomic E-state index is -3.78. The van der Waals surface area contributed by atoms with Crippen LogP contribution in [0.25, 0.3) is 10.8 Å². The van der Waals surface area contributed by atoms with Crippen LogP contribution in [-0.4, -0.2) is 68.9 Å². The van der Waals surface area contributed by atoms with Crippen molar-refractivity contribution in [3.05, 3.63) is 84.2 Å². The van der Waals surface area contributed by atoms with E-state index in [9.17, 15) is 22.8 Å². The highest BCUT2D eigenvalue weighted by Gasteiger charge is 2.31. The first-order chi connectivity index (χ1) is 17.8. The lowest BCUT2D eigenvalue weighted by atomic mass is 10.1. The van der Waals surface area contributed by atoms with E-state index in [4.69, 9.17) is 4.74 Å². The van der Waals surface area contributed by atoms with E-state index in [1.165, 1.54) is 30.3 Å². The molecule has 0 spiro atoms. The van der Waals surface area contributed by atoms with Crippen LogP contribution in [0.1, 0.15) is 16.9 Å². The van der Waals surface area contributed by atoms with Gasteiger partial charge >= 0.3 is 5.97 Å². The van der Waals surface area contributed by atoms with Crippen molar-refractivity contribution in [2.45, 2.75) is 17.4 Å². The predicted octanol–water partition coefficient (Wildman–Crippen LogP) is 1.64. The second kappa shape index (κ2) is 11.3. The van der Waals surface area contributed by atoms with Gasteiger partial charge in [0, 0.05) is 24.7 Å². The molecule has 11 heteroatoms. The summed E-state index contributed by atoms with van der Waals surface area (Å²) in [5.74, 6) is -1.66. The number of nitrogens with one attached hydrogen (secondary N) is 2. The topological polar surface area (TPSA) is 135 Å². The zero-order chi connectivity index (χ0) is 26.4. The number of carbonyl (C=O) groups excluding carboxylic acids is 3. The number of amides is 2. The highest BCUT2D eigenvalue weighted by molar-refractivity contribution is 7.89. The van der Waals surface area contributed by atoms with Gasteiger partial charge in [0.05, 0.1) is 12.0 Å². The number of methoxy groups -OCH3 is 1. The van der Waals surface area contributed by atoms with Crippen molar-refractivity contribution in [3.63, 3.8) is 0 Å². The van der Waals surface area contributed by atoms with E-state index >= 15 is 0 Å². The van der Waals surface area contributed by atoms with Crippen LogP contribution >= 0.6 is 0 Å². The lowest BCUT2D eigenvalue weighted by Crippen LogP contribution is -2.49. The maximum Gasteiger partial charge on any atom is 0.325 e. The van der Waals surface area contributed by atoms with Crippen LogP contribution in [-0.2, 0) is 24.3 Å². The van der Waals surface area contributed by atoms with E-state index in [1.807, 2.05) is 12.1 Å². The largest absolute Gasteiger partial charge is 0.468 e. The smallest absolute Gasteiger partial charge is 0.325 e. The molecule has 4 rings (SSSR count). The first-order valence-corrected chi connectivity index (χ1v) is 13.0. The summed E-state index contributed by atoms with van der Waals surface area (Å²) in [5, 5.41) is 4.20. The van der Waals surface area contributed by atoms with Crippen LogP contribution in [0.2, 0.25) is 0 Å². The number of hydrogen-bond donors (Lipinski definition) is 2. The Morgan fingerprint density at radius 1 is 1.08 bits per heavy atom. The molecule has 1 atom stereocenters. The van der Waals surface area contributed by atoms with Crippen molar-refractivity contribution in [2.24, 2.45) is 0 Å². The van der Waals surface area contributed by atoms with Gasteiger partial charge < -0.3 is 15.0 Å². The fourth-order valence-electron chi connectivity index (χ4n) is 3.99. The Morgan fingerprint density at radius 3 is 2.57 bits per heavy atom. The molecule has 2 N–H and O–H groups in total. The molecule has 1 aliphatic rings. The van der Waals surface area contributed by atoms with Gasteiger partial charge in [-0.25, -0.2) is 13.1 Å². The van der Waals surface area contributed by atoms with Gasteiger partial charge in [0.2, 0.25) is 15.9 Å². The van der Waals surface area contributed by atoms with Crippen molar-refractivity contribution >= 4 is 38.6 Å². The van der Waals surface area contributed by atoms with Crippen LogP contribution in [0.3, 0.4) is 0 Å². The van der Waals surface area contributed by atoms with Gasteiger partial charge in [0.1, 0.15) is 18.3 Å². The number of pyridine rings is 1. The summed E-state index contributed by atoms with van der Waals surface area (Å²) in [6.07, 6.45) is 3.33. The third-order valence-corrected chi connectivity index (χ3v) is 7.35. The molecule has 1 aromatic heterocycles. The molecule has 0 fully saturated rings. The highest BCUT2D eigenvalue weighted by atomic mass is 32.2. The molecule has 192 valence electrons. The van der Waals surface area contributed by atoms with Crippen molar-refractivity contribution in [1.82, 2.24) is 19.9 Å². The van der Waals surface area contributed by atoms with Gasteiger partial charge in [-0.15, -0.1) is 0 Å². The first-order valence-electron chi connectivity index (χ1n) is 11.5. The fourth-order valence-corrected chi connectivity index (χ4v) is 5.05. The zero-order valence-electron chi connectivity index (χ0n) is 20.1. The summed E-state index contributed by atoms with van der Waals surface area (Å²) in [6.45, 7) is -0.436. The second-order valence-corrected chi connectivity index (χ2v) is 10.2. The Kier molecular flexibility index (Phi) is 7.95. The molecule has 10 nitrogen and oxygen atoms in total. The summed E-state index contributed by atoms with van der Waals surface area (Å²) in [4.78, 5) is 44.0. The molecular weight excluding hydrogens is 496 g/mol. The molecule has 0 radical (unpaired) electrons. The predicted molar refractivity (Wildman–Crippen MR) is 136 cm³/mol. The van der Waals surface area contributed by atoms with Crippen LogP contribution in [0.4, 0.5) is 0 Å². The number of rotatable bonds is 8. The van der Waals surface area contributed by atoms with Crippen LogP contribution in [0.5, 0.6) is 0 Å². The van der Waals surface area contributed by atoms with Crippen molar-refractivity contribution in [1.29, 1.82) is 0 Å². The Bertz CT molecular complexity index is 1450. The van der Waals surface area contributed by atoms with E-state index in [-0.39, 0.29) is 36.6 Å². The first kappa shape index (κ1) is 26.0. The molecule has 2 aromatic carbocycles. The molecule has 2 amide bonds. The van der Waals surface area contributed by atoms with E-state index in [0.29, 0.717) is 11.0 Å². The fraction of sp³-hybridized carbons (Fsp3) is 0.231. The number of sulfonamides is 1. The van der Waals surface area contributed by atoms with Gasteiger partial charge in [-0.2, -0.15) is 0 Å². The molecule has 3 aromatic rings. The second-order valence-electron chi connectivity index (χ2n) is 8.41. The van der Waals surface area contributed by atoms with Gasteiger partial charge in [0.15, 0.2) is 0 Å². The Labute approximate surface area is 214 Å². The number of carbonyl (C=O) groups is 3. The van der Waals surface area contributed by atoms with E-state index < -0.39 is 33.8 Å². The zero-order valence-corrected chi connectivity index (χ0v) is 20.9. The summed E-state index contributed by atoms with van der Waals surface area (Å²) >= 11 is 0. The monoisotopic (exact) mass is 522 g/mol. The summed E-state index contributed by atoms with van der Waals surface area (Å²) in [5.41, 5.74) is 0.742. The maximum absolute atomic E-state index is 13.3. The summed E-state index contributed by atoms with van der Waals surface area (Å²) < 4.78 is 32.5. The number of esters is 1. The molecule has 0 bridgehead atoms. The third-order valence-electron chi connectivity index (χ3n) is 5.93. The van der Waals surface area contributed by atoms with Gasteiger partial charge in [-0.1, -0.05) is 48.5 Å². The molecule has 0 saturated carbocycles. The van der Waals surface area contributed by atoms with E-state index in [1.54, 1.807) is 42.5 Å². The SMILES string of the molecule is COC(=O)CN1CC(CNS(=O)(=O)c2ccccc2)=CCC(NC(=O)c2nccc3ccccc23)C1=O. The molecule has 0 aliphatic carbocycles. The molecule has 2 heterocycles. The van der Waals surface area contributed by atoms with Gasteiger partial charge in [-0.05, 0) is 35.6 Å². The van der Waals surface area contributed by atoms with Crippen LogP contribution in [0, 0.1) is 0 Å². The van der Waals surface area contributed by atoms with E-state index in [0.717, 1.165) is 5.39 Å². The average molecular weight is 523 g/mol. The summed E-state index contributed by atoms with van der Waals surface area (Å²) in [7, 11) is -2.57. The van der Waals surface area contributed by atoms with Crippen LogP contribution < -0.4 is 10.0 Å². The minimum Gasteiger partial charge on any atom is -0.468 e. The molecule has 37 heavy (non-hydrogen) atoms. The molecule has 1 aliphatic heterocycles. The average Bonchev–Trinajstić information content (AvgIpc) is 3.06. The van der Waals surface area contributed by atoms with Crippen molar-refractivity contribution in [3.8, 4) is 0 Å². The lowest BCUT2D eigenvalue weighted by Gasteiger charge is -2.25. The molecular formula is C26H26N4O6S. The number of fused-ring (bicyclic) bond motifs is 1. The normalized spacial score (nSPS) is 16.1. The Morgan fingerprint density at radius 2 is 1.81 bits per heavy atom. The van der Waals surface area contributed by atoms with Crippen molar-refractivity contribution < 1.29 is 27.5 Å². The molecule has 1 unspecified atom stereocenters. The van der Waals surface area contributed by atoms with Gasteiger partial charge in [0.25, 0.3) is 5.91 Å². The Hall–Kier alpha value is -4.09. The van der Waals surface area contributed by atoms with Crippen LogP contribution in [0.15, 0.2) is 83.4 Å². The number of benzene rings is 2. The van der Waals surface area contributed by atoms with E-state index in [2.05, 4.69) is 15.0 Å². The maximum atomic E-state index is 13.3. The van der Waals surface area contributed by atoms with Gasteiger partial charge in [-0.3, -0.25) is 19.4 Å². The number of aromatic nitrogens is 1. The lowest BCUT2D eigenvalue weighted by molar-refractivity contribution is -0.147. The minimum absolute atomic E-state index is 0.00979. The third kappa shape index (κ3) is 6.19. The van der Waals surface area contributed by atoms with Crippen molar-refractivity contribution in [2.75, 3.05) is 26.7 Å². The summed E-state index contributed by atoms with van der Waals surface area (Å²) in [6, 6.07) is 16.0.